The minimum Gasteiger partial charge on any atom is -0.395 e. The number of nitrogens with one attached hydrogen (secondary N) is 2. The first-order chi connectivity index (χ1) is 20.0. The molecule has 9 nitrogen and oxygen atoms in total. The van der Waals surface area contributed by atoms with Gasteiger partial charge in [0, 0.05) is 30.2 Å². The molecule has 1 aromatic carbocycles. The summed E-state index contributed by atoms with van der Waals surface area (Å²) in [5.74, 6) is -1.12. The third-order valence-electron chi connectivity index (χ3n) is 8.15. The SMILES string of the molecule is CCc1ccc(N(C(=O)c2snc(C(=O)NC3CCCCC3)c2N)[C@@H](C(=O)NC2CCCC2)c2ccncc2)cc1. The number of amides is 3. The average molecular weight is 575 g/mol. The number of hydrogen-bond donors (Lipinski definition) is 3. The Morgan fingerprint density at radius 3 is 2.17 bits per heavy atom. The van der Waals surface area contributed by atoms with Crippen LogP contribution in [-0.2, 0) is 11.2 Å². The summed E-state index contributed by atoms with van der Waals surface area (Å²) >= 11 is 0.891. The van der Waals surface area contributed by atoms with Crippen molar-refractivity contribution in [1.29, 1.82) is 0 Å². The van der Waals surface area contributed by atoms with E-state index < -0.39 is 11.9 Å². The number of aryl methyl sites for hydroxylation is 1. The molecule has 2 fully saturated rings. The second kappa shape index (κ2) is 13.2. The highest BCUT2D eigenvalue weighted by Crippen LogP contribution is 2.34. The molecule has 5 rings (SSSR count). The molecule has 2 heterocycles. The average Bonchev–Trinajstić information content (AvgIpc) is 3.66. The third-order valence-corrected chi connectivity index (χ3v) is 9.00. The summed E-state index contributed by atoms with van der Waals surface area (Å²) in [5.41, 5.74) is 8.83. The van der Waals surface area contributed by atoms with Crippen LogP contribution in [-0.4, -0.2) is 39.2 Å². The van der Waals surface area contributed by atoms with Crippen molar-refractivity contribution in [2.45, 2.75) is 89.3 Å². The lowest BCUT2D eigenvalue weighted by molar-refractivity contribution is -0.123. The van der Waals surface area contributed by atoms with Gasteiger partial charge >= 0.3 is 0 Å². The predicted molar refractivity (Wildman–Crippen MR) is 161 cm³/mol. The number of anilines is 2. The summed E-state index contributed by atoms with van der Waals surface area (Å²) in [6.45, 7) is 2.06. The van der Waals surface area contributed by atoms with Gasteiger partial charge in [-0.1, -0.05) is 51.2 Å². The molecule has 10 heteroatoms. The number of pyridine rings is 1. The van der Waals surface area contributed by atoms with Gasteiger partial charge in [0.1, 0.15) is 10.9 Å². The van der Waals surface area contributed by atoms with Crippen molar-refractivity contribution >= 4 is 40.6 Å². The summed E-state index contributed by atoms with van der Waals surface area (Å²) in [4.78, 5) is 47.2. The maximum absolute atomic E-state index is 14.4. The summed E-state index contributed by atoms with van der Waals surface area (Å²) in [6.07, 6.45) is 13.2. The first-order valence-electron chi connectivity index (χ1n) is 14.6. The molecule has 0 aliphatic heterocycles. The van der Waals surface area contributed by atoms with Gasteiger partial charge in [-0.3, -0.25) is 24.3 Å². The molecule has 2 saturated carbocycles. The molecule has 2 aliphatic carbocycles. The van der Waals surface area contributed by atoms with Crippen LogP contribution in [0.5, 0.6) is 0 Å². The van der Waals surface area contributed by atoms with Crippen LogP contribution in [0.15, 0.2) is 48.8 Å². The van der Waals surface area contributed by atoms with E-state index in [2.05, 4.69) is 26.9 Å². The van der Waals surface area contributed by atoms with Crippen LogP contribution >= 0.6 is 11.5 Å². The lowest BCUT2D eigenvalue weighted by Gasteiger charge is -2.32. The monoisotopic (exact) mass is 574 g/mol. The van der Waals surface area contributed by atoms with E-state index in [9.17, 15) is 14.4 Å². The highest BCUT2D eigenvalue weighted by molar-refractivity contribution is 7.09. The van der Waals surface area contributed by atoms with Gasteiger partial charge in [-0.25, -0.2) is 0 Å². The highest BCUT2D eigenvalue weighted by Gasteiger charge is 2.37. The lowest BCUT2D eigenvalue weighted by Crippen LogP contribution is -2.46. The smallest absolute Gasteiger partial charge is 0.273 e. The number of nitrogens with zero attached hydrogens (tertiary/aromatic N) is 3. The van der Waals surface area contributed by atoms with E-state index in [1.807, 2.05) is 24.3 Å². The maximum Gasteiger partial charge on any atom is 0.273 e. The normalized spacial score (nSPS) is 16.7. The zero-order valence-electron chi connectivity index (χ0n) is 23.5. The zero-order valence-corrected chi connectivity index (χ0v) is 24.3. The van der Waals surface area contributed by atoms with Crippen LogP contribution in [0.2, 0.25) is 0 Å². The molecular formula is C31H38N6O3S. The van der Waals surface area contributed by atoms with E-state index in [4.69, 9.17) is 5.73 Å². The first kappa shape index (κ1) is 28.7. The lowest BCUT2D eigenvalue weighted by atomic mass is 9.95. The molecule has 1 atom stereocenters. The first-order valence-corrected chi connectivity index (χ1v) is 15.4. The van der Waals surface area contributed by atoms with Crippen LogP contribution in [0, 0.1) is 0 Å². The maximum atomic E-state index is 14.4. The Morgan fingerprint density at radius 1 is 0.927 bits per heavy atom. The second-order valence-corrected chi connectivity index (χ2v) is 11.7. The minimum atomic E-state index is -0.973. The highest BCUT2D eigenvalue weighted by atomic mass is 32.1. The van der Waals surface area contributed by atoms with E-state index in [1.165, 1.54) is 11.3 Å². The van der Waals surface area contributed by atoms with Crippen molar-refractivity contribution in [3.63, 3.8) is 0 Å². The molecule has 41 heavy (non-hydrogen) atoms. The van der Waals surface area contributed by atoms with Crippen LogP contribution in [0.3, 0.4) is 0 Å². The van der Waals surface area contributed by atoms with Crippen molar-refractivity contribution in [3.05, 3.63) is 70.5 Å². The van der Waals surface area contributed by atoms with E-state index >= 15 is 0 Å². The van der Waals surface area contributed by atoms with Gasteiger partial charge in [-0.2, -0.15) is 4.37 Å². The topological polar surface area (TPSA) is 130 Å². The molecule has 0 radical (unpaired) electrons. The molecule has 2 aromatic heterocycles. The van der Waals surface area contributed by atoms with E-state index in [0.29, 0.717) is 11.3 Å². The molecule has 0 bridgehead atoms. The molecule has 0 saturated heterocycles. The second-order valence-electron chi connectivity index (χ2n) is 11.0. The Kier molecular flexibility index (Phi) is 9.28. The summed E-state index contributed by atoms with van der Waals surface area (Å²) in [5, 5.41) is 6.22. The largest absolute Gasteiger partial charge is 0.395 e. The fourth-order valence-electron chi connectivity index (χ4n) is 5.81. The van der Waals surface area contributed by atoms with Gasteiger partial charge in [0.05, 0.1) is 5.69 Å². The molecule has 4 N–H and O–H groups in total. The third kappa shape index (κ3) is 6.59. The Labute approximate surface area is 245 Å². The molecule has 0 unspecified atom stereocenters. The number of carbonyl (C=O) groups is 3. The van der Waals surface area contributed by atoms with Crippen molar-refractivity contribution in [2.24, 2.45) is 0 Å². The van der Waals surface area contributed by atoms with Gasteiger partial charge in [0.25, 0.3) is 11.8 Å². The van der Waals surface area contributed by atoms with Gasteiger partial charge in [0.15, 0.2) is 5.69 Å². The van der Waals surface area contributed by atoms with Gasteiger partial charge < -0.3 is 16.4 Å². The summed E-state index contributed by atoms with van der Waals surface area (Å²) in [6, 6.07) is 10.3. The molecule has 2 aliphatic rings. The quantitative estimate of drug-likeness (QED) is 0.322. The molecule has 0 spiro atoms. The summed E-state index contributed by atoms with van der Waals surface area (Å²) < 4.78 is 4.31. The van der Waals surface area contributed by atoms with Crippen LogP contribution in [0.4, 0.5) is 11.4 Å². The Hall–Kier alpha value is -3.79. The van der Waals surface area contributed by atoms with E-state index in [1.54, 1.807) is 24.5 Å². The van der Waals surface area contributed by atoms with Crippen molar-refractivity contribution in [3.8, 4) is 0 Å². The predicted octanol–water partition coefficient (Wildman–Crippen LogP) is 5.19. The van der Waals surface area contributed by atoms with Crippen molar-refractivity contribution in [2.75, 3.05) is 10.6 Å². The van der Waals surface area contributed by atoms with Crippen LogP contribution < -0.4 is 21.3 Å². The molecule has 3 amide bonds. The number of nitrogens with two attached hydrogens (primary N) is 1. The van der Waals surface area contributed by atoms with Gasteiger partial charge in [-0.05, 0) is 79.0 Å². The molecule has 216 valence electrons. The molecule has 3 aromatic rings. The number of nitrogen functional groups attached to an aromatic ring is 1. The number of rotatable bonds is 9. The number of aromatic nitrogens is 2. The fourth-order valence-corrected chi connectivity index (χ4v) is 6.55. The fraction of sp³-hybridized carbons (Fsp3) is 0.452. The Balaban J connectivity index is 1.52. The van der Waals surface area contributed by atoms with Gasteiger partial charge in [0.2, 0.25) is 5.91 Å². The van der Waals surface area contributed by atoms with E-state index in [0.717, 1.165) is 74.9 Å². The number of carbonyl (C=O) groups excluding carboxylic acids is 3. The minimum absolute atomic E-state index is 0.0353. The number of benzene rings is 1. The molecular weight excluding hydrogens is 536 g/mol. The zero-order chi connectivity index (χ0) is 28.8. The van der Waals surface area contributed by atoms with Gasteiger partial charge in [-0.15, -0.1) is 0 Å². The van der Waals surface area contributed by atoms with E-state index in [-0.39, 0.29) is 40.2 Å². The Bertz CT molecular complexity index is 1350. The van der Waals surface area contributed by atoms with Crippen LogP contribution in [0.25, 0.3) is 0 Å². The van der Waals surface area contributed by atoms with Crippen molar-refractivity contribution in [1.82, 2.24) is 20.0 Å². The Morgan fingerprint density at radius 2 is 1.54 bits per heavy atom. The summed E-state index contributed by atoms with van der Waals surface area (Å²) in [7, 11) is 0. The number of hydrogen-bond acceptors (Lipinski definition) is 7. The standard InChI is InChI=1S/C31H38N6O3S/c1-2-20-12-14-24(15-13-20)37(27(21-16-18-33-19-17-21)30(39)35-23-10-6-7-11-23)31(40)28-25(32)26(36-41-28)29(38)34-22-8-4-3-5-9-22/h12-19,22-23,27H,2-11,32H2,1H3,(H,34,38)(H,35,39)/t27-/m1/s1. The van der Waals surface area contributed by atoms with Crippen molar-refractivity contribution < 1.29 is 14.4 Å². The van der Waals surface area contributed by atoms with Crippen LogP contribution in [0.1, 0.15) is 102 Å².